The number of benzene rings is 2. The Balaban J connectivity index is 1.44. The maximum atomic E-state index is 13.0. The van der Waals surface area contributed by atoms with Crippen LogP contribution in [-0.4, -0.2) is 58.1 Å². The van der Waals surface area contributed by atoms with E-state index in [0.717, 1.165) is 22.0 Å². The number of hydrogen-bond acceptors (Lipinski definition) is 7. The van der Waals surface area contributed by atoms with E-state index in [1.165, 1.54) is 0 Å². The van der Waals surface area contributed by atoms with Crippen LogP contribution in [0.15, 0.2) is 52.7 Å². The van der Waals surface area contributed by atoms with E-state index < -0.39 is 10.0 Å². The van der Waals surface area contributed by atoms with Crippen LogP contribution in [0.4, 0.5) is 5.13 Å². The molecule has 0 amide bonds. The zero-order chi connectivity index (χ0) is 22.7. The van der Waals surface area contributed by atoms with Crippen LogP contribution in [0.1, 0.15) is 5.56 Å². The average Bonchev–Trinajstić information content (AvgIpc) is 3.34. The number of thiazole rings is 1. The van der Waals surface area contributed by atoms with Crippen LogP contribution in [0.2, 0.25) is 0 Å². The molecule has 1 aliphatic heterocycles. The highest BCUT2D eigenvalue weighted by Crippen LogP contribution is 2.34. The largest absolute Gasteiger partial charge is 0.493 e. The number of nitrogens with zero attached hydrogens (tertiary/aromatic N) is 3. The Hall–Kier alpha value is -2.14. The molecule has 1 aromatic heterocycles. The Morgan fingerprint density at radius 1 is 1.00 bits per heavy atom. The quantitative estimate of drug-likeness (QED) is 0.420. The molecule has 32 heavy (non-hydrogen) atoms. The lowest BCUT2D eigenvalue weighted by atomic mass is 10.1. The van der Waals surface area contributed by atoms with Crippen LogP contribution >= 0.6 is 27.3 Å². The Morgan fingerprint density at radius 3 is 2.31 bits per heavy atom. The third-order valence-electron chi connectivity index (χ3n) is 5.40. The van der Waals surface area contributed by atoms with E-state index in [-0.39, 0.29) is 0 Å². The van der Waals surface area contributed by atoms with Gasteiger partial charge >= 0.3 is 0 Å². The van der Waals surface area contributed by atoms with Gasteiger partial charge in [0.05, 0.1) is 24.8 Å². The maximum absolute atomic E-state index is 13.0. The van der Waals surface area contributed by atoms with E-state index in [4.69, 9.17) is 14.5 Å². The molecule has 0 saturated carbocycles. The van der Waals surface area contributed by atoms with E-state index in [1.807, 2.05) is 35.7 Å². The molecule has 3 aromatic rings. The number of aromatic nitrogens is 1. The van der Waals surface area contributed by atoms with Crippen molar-refractivity contribution in [3.05, 3.63) is 53.4 Å². The molecule has 0 atom stereocenters. The standard InChI is InChI=1S/C22H24BrN3O4S2/c1-29-20-8-5-17(13-21(20)30-2)19-15-31-22(24-19)25-9-11-26(12-10-25)32(27,28)18-6-3-16(14-23)4-7-18/h3-8,13,15H,9-12,14H2,1-2H3. The minimum atomic E-state index is -3.50. The van der Waals surface area contributed by atoms with Crippen LogP contribution in [-0.2, 0) is 15.4 Å². The highest BCUT2D eigenvalue weighted by molar-refractivity contribution is 9.08. The van der Waals surface area contributed by atoms with E-state index in [0.29, 0.717) is 47.9 Å². The highest BCUT2D eigenvalue weighted by atomic mass is 79.9. The topological polar surface area (TPSA) is 72.0 Å². The van der Waals surface area contributed by atoms with Crippen LogP contribution in [0, 0.1) is 0 Å². The molecule has 2 aromatic carbocycles. The third kappa shape index (κ3) is 4.63. The van der Waals surface area contributed by atoms with Gasteiger partial charge in [0.2, 0.25) is 10.0 Å². The molecule has 0 N–H and O–H groups in total. The Labute approximate surface area is 200 Å². The lowest BCUT2D eigenvalue weighted by Gasteiger charge is -2.33. The number of rotatable bonds is 7. The van der Waals surface area contributed by atoms with Gasteiger partial charge in [-0.1, -0.05) is 28.1 Å². The summed E-state index contributed by atoms with van der Waals surface area (Å²) in [6, 6.07) is 12.7. The second-order valence-electron chi connectivity index (χ2n) is 7.25. The monoisotopic (exact) mass is 537 g/mol. The molecule has 0 aliphatic carbocycles. The molecule has 1 saturated heterocycles. The lowest BCUT2D eigenvalue weighted by Crippen LogP contribution is -2.48. The minimum Gasteiger partial charge on any atom is -0.493 e. The van der Waals surface area contributed by atoms with E-state index in [1.54, 1.807) is 42.0 Å². The van der Waals surface area contributed by atoms with Crippen LogP contribution < -0.4 is 14.4 Å². The van der Waals surface area contributed by atoms with Crippen molar-refractivity contribution in [1.82, 2.24) is 9.29 Å². The summed E-state index contributed by atoms with van der Waals surface area (Å²) < 4.78 is 38.2. The van der Waals surface area contributed by atoms with Gasteiger partial charge in [-0.3, -0.25) is 0 Å². The van der Waals surface area contributed by atoms with Crippen molar-refractivity contribution in [2.75, 3.05) is 45.3 Å². The number of ether oxygens (including phenoxy) is 2. The van der Waals surface area contributed by atoms with Gasteiger partial charge in [0.1, 0.15) is 0 Å². The second-order valence-corrected chi connectivity index (χ2v) is 10.6. The first-order chi connectivity index (χ1) is 15.5. The molecule has 10 heteroatoms. The van der Waals surface area contributed by atoms with Crippen molar-refractivity contribution in [2.45, 2.75) is 10.2 Å². The number of sulfonamides is 1. The molecule has 4 rings (SSSR count). The zero-order valence-corrected chi connectivity index (χ0v) is 21.0. The van der Waals surface area contributed by atoms with Gasteiger partial charge < -0.3 is 14.4 Å². The van der Waals surface area contributed by atoms with Crippen molar-refractivity contribution < 1.29 is 17.9 Å². The number of halogens is 1. The normalized spacial score (nSPS) is 15.0. The molecule has 0 bridgehead atoms. The van der Waals surface area contributed by atoms with Gasteiger partial charge in [-0.2, -0.15) is 4.31 Å². The van der Waals surface area contributed by atoms with Crippen molar-refractivity contribution in [2.24, 2.45) is 0 Å². The van der Waals surface area contributed by atoms with Gasteiger partial charge in [-0.25, -0.2) is 13.4 Å². The lowest BCUT2D eigenvalue weighted by molar-refractivity contribution is 0.355. The summed E-state index contributed by atoms with van der Waals surface area (Å²) in [5, 5.41) is 3.59. The van der Waals surface area contributed by atoms with Crippen LogP contribution in [0.3, 0.4) is 0 Å². The van der Waals surface area contributed by atoms with Gasteiger partial charge in [-0.15, -0.1) is 11.3 Å². The Morgan fingerprint density at radius 2 is 1.69 bits per heavy atom. The number of methoxy groups -OCH3 is 2. The average molecular weight is 538 g/mol. The summed E-state index contributed by atoms with van der Waals surface area (Å²) in [6.07, 6.45) is 0. The predicted molar refractivity (Wildman–Crippen MR) is 131 cm³/mol. The second kappa shape index (κ2) is 9.78. The number of hydrogen-bond donors (Lipinski definition) is 0. The van der Waals surface area contributed by atoms with Gasteiger partial charge in [0, 0.05) is 42.5 Å². The number of anilines is 1. The molecule has 1 fully saturated rings. The minimum absolute atomic E-state index is 0.334. The van der Waals surface area contributed by atoms with E-state index in [2.05, 4.69) is 20.8 Å². The van der Waals surface area contributed by atoms with Crippen molar-refractivity contribution in [1.29, 1.82) is 0 Å². The molecule has 7 nitrogen and oxygen atoms in total. The Kier molecular flexibility index (Phi) is 7.04. The zero-order valence-electron chi connectivity index (χ0n) is 17.8. The molecule has 1 aliphatic rings. The molecule has 0 unspecified atom stereocenters. The fourth-order valence-corrected chi connectivity index (χ4v) is 6.24. The SMILES string of the molecule is COc1ccc(-c2csc(N3CCN(S(=O)(=O)c4ccc(CBr)cc4)CC3)n2)cc1OC. The summed E-state index contributed by atoms with van der Waals surface area (Å²) in [5.41, 5.74) is 2.84. The predicted octanol–water partition coefficient (Wildman–Crippen LogP) is 4.23. The number of piperazine rings is 1. The fourth-order valence-electron chi connectivity index (χ4n) is 3.56. The fraction of sp³-hybridized carbons (Fsp3) is 0.318. The summed E-state index contributed by atoms with van der Waals surface area (Å²) >= 11 is 4.94. The third-order valence-corrected chi connectivity index (χ3v) is 8.86. The smallest absolute Gasteiger partial charge is 0.243 e. The van der Waals surface area contributed by atoms with E-state index in [9.17, 15) is 8.42 Å². The Bertz CT molecular complexity index is 1170. The maximum Gasteiger partial charge on any atom is 0.243 e. The van der Waals surface area contributed by atoms with Crippen LogP contribution in [0.25, 0.3) is 11.3 Å². The molecular formula is C22H24BrN3O4S2. The molecule has 170 valence electrons. The first-order valence-electron chi connectivity index (χ1n) is 10.0. The van der Waals surface area contributed by atoms with Gasteiger partial charge in [-0.05, 0) is 35.9 Å². The van der Waals surface area contributed by atoms with E-state index >= 15 is 0 Å². The molecular weight excluding hydrogens is 514 g/mol. The highest BCUT2D eigenvalue weighted by Gasteiger charge is 2.29. The van der Waals surface area contributed by atoms with Crippen molar-refractivity contribution in [3.8, 4) is 22.8 Å². The molecule has 2 heterocycles. The first-order valence-corrected chi connectivity index (χ1v) is 13.5. The molecule has 0 spiro atoms. The molecule has 0 radical (unpaired) electrons. The number of alkyl halides is 1. The summed E-state index contributed by atoms with van der Waals surface area (Å²) in [7, 11) is -0.280. The summed E-state index contributed by atoms with van der Waals surface area (Å²) in [6.45, 7) is 2.04. The van der Waals surface area contributed by atoms with Gasteiger partial charge in [0.15, 0.2) is 16.6 Å². The van der Waals surface area contributed by atoms with Gasteiger partial charge in [0.25, 0.3) is 0 Å². The van der Waals surface area contributed by atoms with Crippen LogP contribution in [0.5, 0.6) is 11.5 Å². The summed E-state index contributed by atoms with van der Waals surface area (Å²) in [5.74, 6) is 1.33. The van der Waals surface area contributed by atoms with Crippen molar-refractivity contribution >= 4 is 42.4 Å². The van der Waals surface area contributed by atoms with Crippen molar-refractivity contribution in [3.63, 3.8) is 0 Å². The first kappa shape index (κ1) is 23.0. The summed E-state index contributed by atoms with van der Waals surface area (Å²) in [4.78, 5) is 7.24.